The van der Waals surface area contributed by atoms with Crippen molar-refractivity contribution in [2.24, 2.45) is 4.99 Å². The van der Waals surface area contributed by atoms with Crippen LogP contribution in [0.4, 0.5) is 11.4 Å². The van der Waals surface area contributed by atoms with Gasteiger partial charge in [-0.2, -0.15) is 0 Å². The predicted molar refractivity (Wildman–Crippen MR) is 144 cm³/mol. The van der Waals surface area contributed by atoms with Crippen molar-refractivity contribution in [1.82, 2.24) is 0 Å². The second-order valence-corrected chi connectivity index (χ2v) is 9.35. The molecule has 34 heavy (non-hydrogen) atoms. The molecular weight excluding hydrogens is 440 g/mol. The molecule has 1 aliphatic rings. The SMILES string of the molecule is COc1ccc(C=CC=C2SC(=Nc3ccc(C)c(C)c3)N(c3ccc(C)c(C)c3)C2=O)cc1. The fraction of sp³-hybridized carbons (Fsp3) is 0.172. The molecule has 3 aromatic carbocycles. The number of ether oxygens (including phenoxy) is 1. The molecule has 1 saturated heterocycles. The van der Waals surface area contributed by atoms with Crippen LogP contribution in [0.1, 0.15) is 27.8 Å². The lowest BCUT2D eigenvalue weighted by atomic mass is 10.1. The number of aryl methyl sites for hydroxylation is 4. The van der Waals surface area contributed by atoms with Gasteiger partial charge in [0.1, 0.15) is 5.75 Å². The van der Waals surface area contributed by atoms with Gasteiger partial charge in [-0.1, -0.05) is 36.4 Å². The first-order valence-corrected chi connectivity index (χ1v) is 12.0. The van der Waals surface area contributed by atoms with Gasteiger partial charge in [0.2, 0.25) is 0 Å². The molecular formula is C29H28N2O2S. The number of allylic oxidation sites excluding steroid dienone is 2. The molecule has 3 aromatic rings. The van der Waals surface area contributed by atoms with Gasteiger partial charge in [-0.3, -0.25) is 9.69 Å². The Kier molecular flexibility index (Phi) is 7.03. The molecule has 4 nitrogen and oxygen atoms in total. The zero-order valence-electron chi connectivity index (χ0n) is 20.1. The third-order valence-electron chi connectivity index (χ3n) is 5.92. The minimum atomic E-state index is -0.0739. The summed E-state index contributed by atoms with van der Waals surface area (Å²) in [5, 5.41) is 0.653. The first-order chi connectivity index (χ1) is 16.4. The Morgan fingerprint density at radius 2 is 1.53 bits per heavy atom. The zero-order chi connectivity index (χ0) is 24.2. The molecule has 0 aliphatic carbocycles. The van der Waals surface area contributed by atoms with Crippen LogP contribution in [0.3, 0.4) is 0 Å². The number of benzene rings is 3. The Morgan fingerprint density at radius 3 is 2.18 bits per heavy atom. The minimum absolute atomic E-state index is 0.0739. The van der Waals surface area contributed by atoms with E-state index in [2.05, 4.69) is 39.8 Å². The van der Waals surface area contributed by atoms with E-state index < -0.39 is 0 Å². The molecule has 5 heteroatoms. The van der Waals surface area contributed by atoms with Crippen LogP contribution in [0.25, 0.3) is 6.08 Å². The molecule has 0 unspecified atom stereocenters. The summed E-state index contributed by atoms with van der Waals surface area (Å²) < 4.78 is 5.21. The van der Waals surface area contributed by atoms with Crippen LogP contribution < -0.4 is 9.64 Å². The van der Waals surface area contributed by atoms with Crippen LogP contribution in [0.2, 0.25) is 0 Å². The topological polar surface area (TPSA) is 41.9 Å². The molecule has 0 radical (unpaired) electrons. The lowest BCUT2D eigenvalue weighted by Gasteiger charge is -2.17. The van der Waals surface area contributed by atoms with E-state index in [-0.39, 0.29) is 5.91 Å². The molecule has 0 atom stereocenters. The zero-order valence-corrected chi connectivity index (χ0v) is 20.9. The van der Waals surface area contributed by atoms with E-state index in [4.69, 9.17) is 9.73 Å². The van der Waals surface area contributed by atoms with Crippen LogP contribution in [0.15, 0.2) is 82.7 Å². The standard InChI is InChI=1S/C29H28N2O2S/c1-19-9-13-24(17-21(19)3)30-29-31(25-14-10-20(2)22(4)18-25)28(32)27(34-29)8-6-7-23-11-15-26(33-5)16-12-23/h6-18H,1-5H3. The van der Waals surface area contributed by atoms with Crippen molar-refractivity contribution < 1.29 is 9.53 Å². The van der Waals surface area contributed by atoms with Crippen molar-refractivity contribution in [3.05, 3.63) is 106 Å². The fourth-order valence-electron chi connectivity index (χ4n) is 3.52. The number of amides is 1. The first-order valence-electron chi connectivity index (χ1n) is 11.1. The maximum absolute atomic E-state index is 13.5. The molecule has 1 fully saturated rings. The van der Waals surface area contributed by atoms with E-state index >= 15 is 0 Å². The third-order valence-corrected chi connectivity index (χ3v) is 6.91. The van der Waals surface area contributed by atoms with Gasteiger partial charge in [0.05, 0.1) is 23.4 Å². The number of hydrogen-bond donors (Lipinski definition) is 0. The number of aliphatic imine (C=N–C) groups is 1. The Labute approximate surface area is 205 Å². The predicted octanol–water partition coefficient (Wildman–Crippen LogP) is 7.29. The molecule has 172 valence electrons. The van der Waals surface area contributed by atoms with E-state index in [0.29, 0.717) is 10.1 Å². The third kappa shape index (κ3) is 5.15. The molecule has 0 aromatic heterocycles. The minimum Gasteiger partial charge on any atom is -0.497 e. The Balaban J connectivity index is 1.69. The van der Waals surface area contributed by atoms with Gasteiger partial charge in [0.25, 0.3) is 5.91 Å². The van der Waals surface area contributed by atoms with Crippen LogP contribution >= 0.6 is 11.8 Å². The smallest absolute Gasteiger partial charge is 0.271 e. The molecule has 0 saturated carbocycles. The fourth-order valence-corrected chi connectivity index (χ4v) is 4.48. The maximum atomic E-state index is 13.5. The molecule has 1 amide bonds. The quantitative estimate of drug-likeness (QED) is 0.369. The monoisotopic (exact) mass is 468 g/mol. The number of rotatable bonds is 5. The number of methoxy groups -OCH3 is 1. The van der Waals surface area contributed by atoms with Crippen molar-refractivity contribution >= 4 is 40.3 Å². The lowest BCUT2D eigenvalue weighted by Crippen LogP contribution is -2.28. The summed E-state index contributed by atoms with van der Waals surface area (Å²) in [6.07, 6.45) is 5.73. The number of carbonyl (C=O) groups excluding carboxylic acids is 1. The second-order valence-electron chi connectivity index (χ2n) is 8.34. The van der Waals surface area contributed by atoms with Gasteiger partial charge in [-0.25, -0.2) is 4.99 Å². The van der Waals surface area contributed by atoms with Crippen LogP contribution in [-0.4, -0.2) is 18.2 Å². The van der Waals surface area contributed by atoms with E-state index in [1.165, 1.54) is 28.5 Å². The molecule has 0 bridgehead atoms. The largest absolute Gasteiger partial charge is 0.497 e. The number of carbonyl (C=O) groups is 1. The number of thioether (sulfide) groups is 1. The van der Waals surface area contributed by atoms with E-state index in [0.717, 1.165) is 28.3 Å². The molecule has 4 rings (SSSR count). The van der Waals surface area contributed by atoms with Gasteiger partial charge < -0.3 is 4.74 Å². The van der Waals surface area contributed by atoms with Gasteiger partial charge in [-0.15, -0.1) is 0 Å². The highest BCUT2D eigenvalue weighted by atomic mass is 32.2. The van der Waals surface area contributed by atoms with Gasteiger partial charge in [0, 0.05) is 0 Å². The van der Waals surface area contributed by atoms with Crippen molar-refractivity contribution in [1.29, 1.82) is 0 Å². The molecule has 0 spiro atoms. The number of anilines is 1. The highest BCUT2D eigenvalue weighted by Crippen LogP contribution is 2.37. The maximum Gasteiger partial charge on any atom is 0.271 e. The van der Waals surface area contributed by atoms with Gasteiger partial charge >= 0.3 is 0 Å². The summed E-state index contributed by atoms with van der Waals surface area (Å²) in [4.78, 5) is 20.7. The van der Waals surface area contributed by atoms with Gasteiger partial charge in [0.15, 0.2) is 5.17 Å². The summed E-state index contributed by atoms with van der Waals surface area (Å²) >= 11 is 1.39. The molecule has 1 heterocycles. The van der Waals surface area contributed by atoms with E-state index in [1.807, 2.05) is 66.8 Å². The summed E-state index contributed by atoms with van der Waals surface area (Å²) in [7, 11) is 1.65. The van der Waals surface area contributed by atoms with Crippen molar-refractivity contribution in [2.75, 3.05) is 12.0 Å². The summed E-state index contributed by atoms with van der Waals surface area (Å²) in [5.41, 5.74) is 7.41. The second kappa shape index (κ2) is 10.1. The lowest BCUT2D eigenvalue weighted by molar-refractivity contribution is -0.113. The number of hydrogen-bond acceptors (Lipinski definition) is 4. The summed E-state index contributed by atoms with van der Waals surface area (Å²) in [6, 6.07) is 20.0. The van der Waals surface area contributed by atoms with E-state index in [9.17, 15) is 4.79 Å². The Hall–Kier alpha value is -3.57. The van der Waals surface area contributed by atoms with Crippen molar-refractivity contribution in [3.8, 4) is 5.75 Å². The van der Waals surface area contributed by atoms with Gasteiger partial charge in [-0.05, 0) is 110 Å². The number of amidine groups is 1. The van der Waals surface area contributed by atoms with Crippen molar-refractivity contribution in [3.63, 3.8) is 0 Å². The van der Waals surface area contributed by atoms with Crippen LogP contribution in [0.5, 0.6) is 5.75 Å². The van der Waals surface area contributed by atoms with E-state index in [1.54, 1.807) is 12.0 Å². The summed E-state index contributed by atoms with van der Waals surface area (Å²) in [6.45, 7) is 8.28. The molecule has 0 N–H and O–H groups in total. The van der Waals surface area contributed by atoms with Crippen molar-refractivity contribution in [2.45, 2.75) is 27.7 Å². The normalized spacial score (nSPS) is 16.3. The summed E-state index contributed by atoms with van der Waals surface area (Å²) in [5.74, 6) is 0.739. The Morgan fingerprint density at radius 1 is 0.853 bits per heavy atom. The van der Waals surface area contributed by atoms with Crippen LogP contribution in [0, 0.1) is 27.7 Å². The first kappa shape index (κ1) is 23.6. The molecule has 1 aliphatic heterocycles. The Bertz CT molecular complexity index is 1320. The number of nitrogens with zero attached hydrogens (tertiary/aromatic N) is 2. The highest BCUT2D eigenvalue weighted by Gasteiger charge is 2.34. The van der Waals surface area contributed by atoms with Crippen LogP contribution in [-0.2, 0) is 4.79 Å². The average molecular weight is 469 g/mol. The average Bonchev–Trinajstić information content (AvgIpc) is 3.13. The highest BCUT2D eigenvalue weighted by molar-refractivity contribution is 8.19.